The van der Waals surface area contributed by atoms with Crippen molar-refractivity contribution in [3.63, 3.8) is 0 Å². The first-order valence-corrected chi connectivity index (χ1v) is 6.62. The summed E-state index contributed by atoms with van der Waals surface area (Å²) in [5.74, 6) is 1.61. The van der Waals surface area contributed by atoms with E-state index < -0.39 is 0 Å². The van der Waals surface area contributed by atoms with E-state index in [1.54, 1.807) is 7.11 Å². The molecule has 1 saturated carbocycles. The summed E-state index contributed by atoms with van der Waals surface area (Å²) in [6, 6.07) is 6.52. The summed E-state index contributed by atoms with van der Waals surface area (Å²) < 4.78 is 5.28. The first-order valence-electron chi connectivity index (χ1n) is 6.62. The highest BCUT2D eigenvalue weighted by molar-refractivity contribution is 5.85. The molecule has 1 aliphatic carbocycles. The fourth-order valence-electron chi connectivity index (χ4n) is 2.87. The lowest BCUT2D eigenvalue weighted by Gasteiger charge is -2.28. The molecule has 0 spiro atoms. The van der Waals surface area contributed by atoms with E-state index in [1.165, 1.54) is 43.2 Å². The molecule has 3 heteroatoms. The molecule has 1 aromatic carbocycles. The lowest BCUT2D eigenvalue weighted by Crippen LogP contribution is -2.23. The van der Waals surface area contributed by atoms with Crippen LogP contribution in [0.25, 0.3) is 0 Å². The molecule has 1 aromatic rings. The van der Waals surface area contributed by atoms with Gasteiger partial charge in [-0.2, -0.15) is 0 Å². The van der Waals surface area contributed by atoms with Crippen LogP contribution in [0.2, 0.25) is 0 Å². The smallest absolute Gasteiger partial charge is 0.121 e. The van der Waals surface area contributed by atoms with E-state index in [2.05, 4.69) is 19.1 Å². The Kier molecular flexibility index (Phi) is 5.97. The van der Waals surface area contributed by atoms with E-state index in [4.69, 9.17) is 10.5 Å². The minimum absolute atomic E-state index is 0. The predicted molar refractivity (Wildman–Crippen MR) is 78.5 cm³/mol. The molecule has 0 radical (unpaired) electrons. The molecule has 1 fully saturated rings. The van der Waals surface area contributed by atoms with Gasteiger partial charge >= 0.3 is 0 Å². The summed E-state index contributed by atoms with van der Waals surface area (Å²) >= 11 is 0. The highest BCUT2D eigenvalue weighted by Gasteiger charge is 2.22. The lowest BCUT2D eigenvalue weighted by atomic mass is 9.81. The molecule has 0 aliphatic heterocycles. The minimum atomic E-state index is 0. The van der Waals surface area contributed by atoms with Gasteiger partial charge in [0.1, 0.15) is 5.75 Å². The topological polar surface area (TPSA) is 35.2 Å². The Balaban J connectivity index is 0.00000162. The third-order valence-electron chi connectivity index (χ3n) is 3.96. The van der Waals surface area contributed by atoms with Crippen molar-refractivity contribution < 1.29 is 4.74 Å². The van der Waals surface area contributed by atoms with Crippen molar-refractivity contribution in [3.05, 3.63) is 29.3 Å². The molecule has 0 heterocycles. The maximum atomic E-state index is 6.39. The number of aryl methyl sites for hydroxylation is 1. The number of halogens is 1. The van der Waals surface area contributed by atoms with E-state index in [0.717, 1.165) is 5.75 Å². The molecule has 1 atom stereocenters. The molecule has 18 heavy (non-hydrogen) atoms. The minimum Gasteiger partial charge on any atom is -0.496 e. The van der Waals surface area contributed by atoms with E-state index in [-0.39, 0.29) is 18.4 Å². The number of nitrogens with two attached hydrogens (primary N) is 1. The molecule has 1 aliphatic rings. The monoisotopic (exact) mass is 269 g/mol. The van der Waals surface area contributed by atoms with Crippen LogP contribution in [-0.2, 0) is 0 Å². The average Bonchev–Trinajstić information content (AvgIpc) is 2.39. The Labute approximate surface area is 116 Å². The lowest BCUT2D eigenvalue weighted by molar-refractivity contribution is 0.308. The van der Waals surface area contributed by atoms with Crippen molar-refractivity contribution in [2.45, 2.75) is 45.1 Å². The van der Waals surface area contributed by atoms with Crippen molar-refractivity contribution in [2.24, 2.45) is 11.7 Å². The van der Waals surface area contributed by atoms with E-state index in [9.17, 15) is 0 Å². The Morgan fingerprint density at radius 3 is 2.44 bits per heavy atom. The SMILES string of the molecule is COc1ccc([C@H](N)C2CCCCC2)cc1C.Cl. The Morgan fingerprint density at radius 2 is 1.89 bits per heavy atom. The zero-order valence-electron chi connectivity index (χ0n) is 11.3. The fourth-order valence-corrected chi connectivity index (χ4v) is 2.87. The highest BCUT2D eigenvalue weighted by Crippen LogP contribution is 2.34. The Morgan fingerprint density at radius 1 is 1.22 bits per heavy atom. The number of hydrogen-bond donors (Lipinski definition) is 1. The summed E-state index contributed by atoms with van der Waals surface area (Å²) in [6.07, 6.45) is 6.63. The molecule has 0 amide bonds. The maximum Gasteiger partial charge on any atom is 0.121 e. The van der Waals surface area contributed by atoms with Gasteiger partial charge in [-0.3, -0.25) is 0 Å². The first kappa shape index (κ1) is 15.3. The van der Waals surface area contributed by atoms with Crippen molar-refractivity contribution >= 4 is 12.4 Å². The van der Waals surface area contributed by atoms with Crippen LogP contribution in [0.3, 0.4) is 0 Å². The van der Waals surface area contributed by atoms with Crippen molar-refractivity contribution in [1.82, 2.24) is 0 Å². The maximum absolute atomic E-state index is 6.39. The van der Waals surface area contributed by atoms with Crippen LogP contribution >= 0.6 is 12.4 Å². The van der Waals surface area contributed by atoms with E-state index >= 15 is 0 Å². The molecule has 102 valence electrons. The molecule has 0 aromatic heterocycles. The largest absolute Gasteiger partial charge is 0.496 e. The van der Waals surface area contributed by atoms with E-state index in [1.807, 2.05) is 6.07 Å². The number of benzene rings is 1. The third kappa shape index (κ3) is 3.39. The summed E-state index contributed by atoms with van der Waals surface area (Å²) in [4.78, 5) is 0. The van der Waals surface area contributed by atoms with Crippen LogP contribution in [0.1, 0.15) is 49.3 Å². The van der Waals surface area contributed by atoms with Crippen LogP contribution in [0.5, 0.6) is 5.75 Å². The zero-order valence-corrected chi connectivity index (χ0v) is 12.1. The number of hydrogen-bond acceptors (Lipinski definition) is 2. The summed E-state index contributed by atoms with van der Waals surface area (Å²) in [5, 5.41) is 0. The van der Waals surface area contributed by atoms with Crippen LogP contribution in [0.15, 0.2) is 18.2 Å². The van der Waals surface area contributed by atoms with Gasteiger partial charge in [-0.15, -0.1) is 12.4 Å². The van der Waals surface area contributed by atoms with Gasteiger partial charge in [-0.05, 0) is 42.9 Å². The second-order valence-corrected chi connectivity index (χ2v) is 5.15. The molecule has 0 saturated heterocycles. The summed E-state index contributed by atoms with van der Waals surface area (Å²) in [6.45, 7) is 2.08. The van der Waals surface area contributed by atoms with Gasteiger partial charge in [0.05, 0.1) is 7.11 Å². The molecule has 2 N–H and O–H groups in total. The first-order chi connectivity index (χ1) is 8.22. The van der Waals surface area contributed by atoms with Crippen molar-refractivity contribution in [2.75, 3.05) is 7.11 Å². The van der Waals surface area contributed by atoms with Gasteiger partial charge in [0.25, 0.3) is 0 Å². The fraction of sp³-hybridized carbons (Fsp3) is 0.600. The van der Waals surface area contributed by atoms with Crippen molar-refractivity contribution in [1.29, 1.82) is 0 Å². The van der Waals surface area contributed by atoms with Crippen LogP contribution in [0.4, 0.5) is 0 Å². The Bertz CT molecular complexity index is 375. The normalized spacial score (nSPS) is 17.9. The van der Waals surface area contributed by atoms with Crippen LogP contribution < -0.4 is 10.5 Å². The molecule has 2 nitrogen and oxygen atoms in total. The summed E-state index contributed by atoms with van der Waals surface area (Å²) in [7, 11) is 1.71. The second-order valence-electron chi connectivity index (χ2n) is 5.15. The van der Waals surface area contributed by atoms with Gasteiger partial charge in [0, 0.05) is 6.04 Å². The number of methoxy groups -OCH3 is 1. The second kappa shape index (κ2) is 7.01. The molecule has 0 bridgehead atoms. The van der Waals surface area contributed by atoms with E-state index in [0.29, 0.717) is 5.92 Å². The standard InChI is InChI=1S/C15H23NO.ClH/c1-11-10-13(8-9-14(11)17-2)15(16)12-6-4-3-5-7-12;/h8-10,12,15H,3-7,16H2,1-2H3;1H/t15-;/m1./s1. The average molecular weight is 270 g/mol. The quantitative estimate of drug-likeness (QED) is 0.900. The van der Waals surface area contributed by atoms with Gasteiger partial charge in [-0.25, -0.2) is 0 Å². The molecule has 0 unspecified atom stereocenters. The van der Waals surface area contributed by atoms with Gasteiger partial charge in [0.15, 0.2) is 0 Å². The van der Waals surface area contributed by atoms with Crippen LogP contribution in [0, 0.1) is 12.8 Å². The number of ether oxygens (including phenoxy) is 1. The summed E-state index contributed by atoms with van der Waals surface area (Å²) in [5.41, 5.74) is 8.83. The molecular weight excluding hydrogens is 246 g/mol. The zero-order chi connectivity index (χ0) is 12.3. The van der Waals surface area contributed by atoms with Crippen LogP contribution in [-0.4, -0.2) is 7.11 Å². The number of rotatable bonds is 3. The van der Waals surface area contributed by atoms with Gasteiger partial charge in [0.2, 0.25) is 0 Å². The van der Waals surface area contributed by atoms with Crippen molar-refractivity contribution in [3.8, 4) is 5.75 Å². The Hall–Kier alpha value is -0.730. The van der Waals surface area contributed by atoms with Gasteiger partial charge < -0.3 is 10.5 Å². The van der Waals surface area contributed by atoms with Gasteiger partial charge in [-0.1, -0.05) is 31.4 Å². The predicted octanol–water partition coefficient (Wildman–Crippen LogP) is 4.01. The molecule has 2 rings (SSSR count). The highest BCUT2D eigenvalue weighted by atomic mass is 35.5. The third-order valence-corrected chi connectivity index (χ3v) is 3.96. The molecular formula is C15H24ClNO.